The molecule has 0 bridgehead atoms. The van der Waals surface area contributed by atoms with Gasteiger partial charge in [0.25, 0.3) is 0 Å². The van der Waals surface area contributed by atoms with Crippen molar-refractivity contribution in [3.05, 3.63) is 83.7 Å². The van der Waals surface area contributed by atoms with Gasteiger partial charge in [0, 0.05) is 18.4 Å². The van der Waals surface area contributed by atoms with Gasteiger partial charge in [-0.2, -0.15) is 0 Å². The quantitative estimate of drug-likeness (QED) is 0.694. The van der Waals surface area contributed by atoms with Crippen LogP contribution in [0.1, 0.15) is 16.8 Å². The molecule has 1 aromatic heterocycles. The summed E-state index contributed by atoms with van der Waals surface area (Å²) in [5.41, 5.74) is 3.29. The summed E-state index contributed by atoms with van der Waals surface area (Å²) in [4.78, 5) is 0.218. The summed E-state index contributed by atoms with van der Waals surface area (Å²) in [6, 6.07) is 18.5. The monoisotopic (exact) mass is 370 g/mol. The van der Waals surface area contributed by atoms with Gasteiger partial charge in [0.2, 0.25) is 10.0 Å². The number of benzene rings is 2. The van der Waals surface area contributed by atoms with Crippen molar-refractivity contribution in [2.24, 2.45) is 0 Å². The average molecular weight is 370 g/mol. The van der Waals surface area contributed by atoms with Crippen molar-refractivity contribution in [1.82, 2.24) is 9.29 Å². The summed E-state index contributed by atoms with van der Waals surface area (Å²) >= 11 is 0. The van der Waals surface area contributed by atoms with Crippen LogP contribution in [0, 0.1) is 6.92 Å². The maximum atomic E-state index is 12.5. The molecule has 0 unspecified atom stereocenters. The lowest BCUT2D eigenvalue weighted by molar-refractivity contribution is 0.414. The second kappa shape index (κ2) is 7.76. The number of ether oxygens (including phenoxy) is 1. The fraction of sp³-hybridized carbons (Fsp3) is 0.200. The third-order valence-corrected chi connectivity index (χ3v) is 5.59. The molecular formula is C20H22N2O3S. The molecule has 136 valence electrons. The first kappa shape index (κ1) is 18.2. The van der Waals surface area contributed by atoms with Crippen LogP contribution in [0.5, 0.6) is 5.75 Å². The lowest BCUT2D eigenvalue weighted by Gasteiger charge is -2.12. The molecule has 0 fully saturated rings. The van der Waals surface area contributed by atoms with E-state index in [1.54, 1.807) is 19.2 Å². The van der Waals surface area contributed by atoms with Crippen LogP contribution < -0.4 is 9.46 Å². The SMILES string of the molecule is COc1ccc(S(=O)(=O)NCc2cccn2Cc2cccc(C)c2)cc1. The van der Waals surface area contributed by atoms with E-state index in [1.165, 1.54) is 23.3 Å². The molecule has 0 aliphatic heterocycles. The minimum Gasteiger partial charge on any atom is -0.497 e. The number of nitrogens with one attached hydrogen (secondary N) is 1. The van der Waals surface area contributed by atoms with Crippen molar-refractivity contribution in [3.63, 3.8) is 0 Å². The molecular weight excluding hydrogens is 348 g/mol. The van der Waals surface area contributed by atoms with E-state index in [2.05, 4.69) is 29.8 Å². The molecule has 5 nitrogen and oxygen atoms in total. The molecule has 0 radical (unpaired) electrons. The van der Waals surface area contributed by atoms with Crippen molar-refractivity contribution >= 4 is 10.0 Å². The highest BCUT2D eigenvalue weighted by atomic mass is 32.2. The molecule has 1 heterocycles. The Hall–Kier alpha value is -2.57. The van der Waals surface area contributed by atoms with E-state index in [0.717, 1.165) is 5.69 Å². The van der Waals surface area contributed by atoms with Gasteiger partial charge in [0.05, 0.1) is 18.6 Å². The summed E-state index contributed by atoms with van der Waals surface area (Å²) in [6.45, 7) is 2.99. The van der Waals surface area contributed by atoms with Crippen LogP contribution in [0.2, 0.25) is 0 Å². The highest BCUT2D eigenvalue weighted by Crippen LogP contribution is 2.16. The number of sulfonamides is 1. The minimum atomic E-state index is -3.58. The molecule has 0 amide bonds. The molecule has 0 aliphatic carbocycles. The number of hydrogen-bond donors (Lipinski definition) is 1. The number of nitrogens with zero attached hydrogens (tertiary/aromatic N) is 1. The Kier molecular flexibility index (Phi) is 5.44. The Labute approximate surface area is 154 Å². The molecule has 2 aromatic carbocycles. The van der Waals surface area contributed by atoms with Gasteiger partial charge in [-0.1, -0.05) is 29.8 Å². The fourth-order valence-electron chi connectivity index (χ4n) is 2.78. The van der Waals surface area contributed by atoms with Crippen molar-refractivity contribution in [2.45, 2.75) is 24.9 Å². The van der Waals surface area contributed by atoms with Crippen molar-refractivity contribution in [3.8, 4) is 5.75 Å². The predicted octanol–water partition coefficient (Wildman–Crippen LogP) is 3.33. The molecule has 0 saturated heterocycles. The second-order valence-corrected chi connectivity index (χ2v) is 7.88. The van der Waals surface area contributed by atoms with Gasteiger partial charge >= 0.3 is 0 Å². The molecule has 0 aliphatic rings. The Bertz CT molecular complexity index is 976. The Balaban J connectivity index is 1.70. The summed E-state index contributed by atoms with van der Waals surface area (Å²) in [5, 5.41) is 0. The van der Waals surface area contributed by atoms with Crippen LogP contribution in [0.3, 0.4) is 0 Å². The minimum absolute atomic E-state index is 0.218. The molecule has 3 aromatic rings. The Morgan fingerprint density at radius 1 is 1.04 bits per heavy atom. The van der Waals surface area contributed by atoms with E-state index in [1.807, 2.05) is 29.0 Å². The number of hydrogen-bond acceptors (Lipinski definition) is 3. The highest BCUT2D eigenvalue weighted by molar-refractivity contribution is 7.89. The van der Waals surface area contributed by atoms with Crippen molar-refractivity contribution in [2.75, 3.05) is 7.11 Å². The first-order valence-electron chi connectivity index (χ1n) is 8.31. The number of methoxy groups -OCH3 is 1. The van der Waals surface area contributed by atoms with Crippen molar-refractivity contribution < 1.29 is 13.2 Å². The molecule has 0 atom stereocenters. The zero-order chi connectivity index (χ0) is 18.6. The average Bonchev–Trinajstić information content (AvgIpc) is 3.07. The standard InChI is InChI=1S/C20H22N2O3S/c1-16-5-3-6-17(13-16)15-22-12-4-7-18(22)14-21-26(23,24)20-10-8-19(25-2)9-11-20/h3-13,21H,14-15H2,1-2H3. The first-order chi connectivity index (χ1) is 12.5. The van der Waals surface area contributed by atoms with Crippen molar-refractivity contribution in [1.29, 1.82) is 0 Å². The third-order valence-electron chi connectivity index (χ3n) is 4.17. The lowest BCUT2D eigenvalue weighted by atomic mass is 10.1. The van der Waals surface area contributed by atoms with E-state index in [9.17, 15) is 8.42 Å². The summed E-state index contributed by atoms with van der Waals surface area (Å²) in [6.07, 6.45) is 1.96. The number of rotatable bonds is 7. The number of aryl methyl sites for hydroxylation is 1. The molecule has 0 spiro atoms. The predicted molar refractivity (Wildman–Crippen MR) is 102 cm³/mol. The van der Waals surface area contributed by atoms with Gasteiger partial charge in [-0.25, -0.2) is 13.1 Å². The third kappa shape index (κ3) is 4.33. The lowest BCUT2D eigenvalue weighted by Crippen LogP contribution is -2.24. The zero-order valence-electron chi connectivity index (χ0n) is 14.8. The zero-order valence-corrected chi connectivity index (χ0v) is 15.7. The van der Waals surface area contributed by atoms with E-state index in [-0.39, 0.29) is 11.4 Å². The smallest absolute Gasteiger partial charge is 0.240 e. The Morgan fingerprint density at radius 2 is 1.81 bits per heavy atom. The molecule has 6 heteroatoms. The molecule has 0 saturated carbocycles. The highest BCUT2D eigenvalue weighted by Gasteiger charge is 2.14. The van der Waals surface area contributed by atoms with E-state index >= 15 is 0 Å². The van der Waals surface area contributed by atoms with Crippen LogP contribution >= 0.6 is 0 Å². The van der Waals surface area contributed by atoms with Gasteiger partial charge in [-0.05, 0) is 48.9 Å². The van der Waals surface area contributed by atoms with Gasteiger partial charge in [0.15, 0.2) is 0 Å². The van der Waals surface area contributed by atoms with E-state index in [0.29, 0.717) is 12.3 Å². The van der Waals surface area contributed by atoms with Crippen LogP contribution in [-0.4, -0.2) is 20.1 Å². The fourth-order valence-corrected chi connectivity index (χ4v) is 3.78. The molecule has 26 heavy (non-hydrogen) atoms. The second-order valence-electron chi connectivity index (χ2n) is 6.12. The largest absolute Gasteiger partial charge is 0.497 e. The van der Waals surface area contributed by atoms with Crippen LogP contribution in [-0.2, 0) is 23.1 Å². The maximum absolute atomic E-state index is 12.5. The summed E-state index contributed by atoms with van der Waals surface area (Å²) in [7, 11) is -2.03. The number of aromatic nitrogens is 1. The van der Waals surface area contributed by atoms with E-state index < -0.39 is 10.0 Å². The van der Waals surface area contributed by atoms with Gasteiger partial charge in [-0.3, -0.25) is 0 Å². The van der Waals surface area contributed by atoms with Gasteiger partial charge in [-0.15, -0.1) is 0 Å². The maximum Gasteiger partial charge on any atom is 0.240 e. The molecule has 1 N–H and O–H groups in total. The Morgan fingerprint density at radius 3 is 2.50 bits per heavy atom. The summed E-state index contributed by atoms with van der Waals surface area (Å²) in [5.74, 6) is 0.621. The van der Waals surface area contributed by atoms with Crippen LogP contribution in [0.15, 0.2) is 71.8 Å². The summed E-state index contributed by atoms with van der Waals surface area (Å²) < 4.78 is 34.7. The van der Waals surface area contributed by atoms with Crippen LogP contribution in [0.4, 0.5) is 0 Å². The van der Waals surface area contributed by atoms with Gasteiger partial charge in [0.1, 0.15) is 5.75 Å². The first-order valence-corrected chi connectivity index (χ1v) is 9.79. The van der Waals surface area contributed by atoms with E-state index in [4.69, 9.17) is 4.74 Å². The van der Waals surface area contributed by atoms with Crippen LogP contribution in [0.25, 0.3) is 0 Å². The molecule has 3 rings (SSSR count). The van der Waals surface area contributed by atoms with Gasteiger partial charge < -0.3 is 9.30 Å². The normalized spacial score (nSPS) is 11.5. The topological polar surface area (TPSA) is 60.3 Å².